The lowest BCUT2D eigenvalue weighted by atomic mass is 9.81. The molecule has 0 heterocycles. The zero-order chi connectivity index (χ0) is 12.2. The topological polar surface area (TPSA) is 20.2 Å². The van der Waals surface area contributed by atoms with Gasteiger partial charge in [-0.25, -0.2) is 0 Å². The molecule has 0 bridgehead atoms. The van der Waals surface area contributed by atoms with Crippen LogP contribution in [0.3, 0.4) is 0 Å². The van der Waals surface area contributed by atoms with Crippen LogP contribution in [0.1, 0.15) is 66.2 Å². The Morgan fingerprint density at radius 2 is 2.00 bits per heavy atom. The molecule has 1 aliphatic rings. The molecule has 1 N–H and O–H groups in total. The molecule has 94 valence electrons. The summed E-state index contributed by atoms with van der Waals surface area (Å²) in [5, 5.41) is 10.2. The molecule has 0 fully saturated rings. The summed E-state index contributed by atoms with van der Waals surface area (Å²) in [5.74, 6) is 0.609. The number of aliphatic hydroxyl groups is 1. The lowest BCUT2D eigenvalue weighted by molar-refractivity contribution is 0.157. The lowest BCUT2D eigenvalue weighted by Gasteiger charge is -2.26. The first-order valence-corrected chi connectivity index (χ1v) is 6.75. The van der Waals surface area contributed by atoms with Gasteiger partial charge in [-0.15, -0.1) is 0 Å². The van der Waals surface area contributed by atoms with Gasteiger partial charge in [0.2, 0.25) is 0 Å². The van der Waals surface area contributed by atoms with Crippen molar-refractivity contribution in [2.24, 2.45) is 11.3 Å². The Hall–Kier alpha value is -0.300. The summed E-state index contributed by atoms with van der Waals surface area (Å²) in [7, 11) is 0. The zero-order valence-corrected chi connectivity index (χ0v) is 11.4. The van der Waals surface area contributed by atoms with Gasteiger partial charge >= 0.3 is 0 Å². The van der Waals surface area contributed by atoms with Crippen LogP contribution >= 0.6 is 0 Å². The van der Waals surface area contributed by atoms with Crippen LogP contribution < -0.4 is 0 Å². The van der Waals surface area contributed by atoms with Gasteiger partial charge < -0.3 is 5.11 Å². The smallest absolute Gasteiger partial charge is 0.0752 e. The Kier molecular flexibility index (Phi) is 5.04. The maximum Gasteiger partial charge on any atom is 0.0752 e. The van der Waals surface area contributed by atoms with E-state index in [9.17, 15) is 5.11 Å². The van der Waals surface area contributed by atoms with E-state index in [1.165, 1.54) is 31.3 Å². The second-order valence-electron chi connectivity index (χ2n) is 6.65. The minimum Gasteiger partial charge on any atom is -0.389 e. The van der Waals surface area contributed by atoms with Crippen molar-refractivity contribution in [3.8, 4) is 0 Å². The molecule has 0 aromatic heterocycles. The summed E-state index contributed by atoms with van der Waals surface area (Å²) in [6, 6.07) is 0. The van der Waals surface area contributed by atoms with Crippen molar-refractivity contribution in [3.05, 3.63) is 11.6 Å². The molecule has 0 spiro atoms. The van der Waals surface area contributed by atoms with Gasteiger partial charge in [0.15, 0.2) is 0 Å². The molecular weight excluding hydrogens is 196 g/mol. The third kappa shape index (κ3) is 5.16. The average Bonchev–Trinajstić information content (AvgIpc) is 2.16. The van der Waals surface area contributed by atoms with Gasteiger partial charge in [-0.05, 0) is 55.4 Å². The van der Waals surface area contributed by atoms with Gasteiger partial charge in [-0.2, -0.15) is 0 Å². The third-order valence-electron chi connectivity index (χ3n) is 3.34. The summed E-state index contributed by atoms with van der Waals surface area (Å²) >= 11 is 0. The Bertz CT molecular complexity index is 234. The fourth-order valence-corrected chi connectivity index (χ4v) is 2.83. The standard InChI is InChI=1S/C15H28O/c1-12(11-15(2,3)4)10-14(16)13-8-6-5-7-9-13/h8,12,14,16H,5-7,9-11H2,1-4H3. The van der Waals surface area contributed by atoms with Crippen molar-refractivity contribution in [2.75, 3.05) is 0 Å². The maximum atomic E-state index is 10.2. The van der Waals surface area contributed by atoms with Crippen LogP contribution in [-0.2, 0) is 0 Å². The summed E-state index contributed by atoms with van der Waals surface area (Å²) in [5.41, 5.74) is 1.67. The molecule has 2 unspecified atom stereocenters. The van der Waals surface area contributed by atoms with Gasteiger partial charge in [-0.1, -0.05) is 33.8 Å². The predicted octanol–water partition coefficient (Wildman–Crippen LogP) is 4.31. The SMILES string of the molecule is CC(CC(O)C1=CCCCC1)CC(C)(C)C. The van der Waals surface area contributed by atoms with Crippen molar-refractivity contribution in [2.45, 2.75) is 72.3 Å². The van der Waals surface area contributed by atoms with Gasteiger partial charge in [0.05, 0.1) is 6.10 Å². The summed E-state index contributed by atoms with van der Waals surface area (Å²) in [6.07, 6.45) is 9.05. The highest BCUT2D eigenvalue weighted by atomic mass is 16.3. The van der Waals surface area contributed by atoms with Crippen LogP contribution in [0.2, 0.25) is 0 Å². The fraction of sp³-hybridized carbons (Fsp3) is 0.867. The van der Waals surface area contributed by atoms with Crippen molar-refractivity contribution in [1.29, 1.82) is 0 Å². The molecule has 0 amide bonds. The first-order valence-electron chi connectivity index (χ1n) is 6.75. The van der Waals surface area contributed by atoms with E-state index in [1.54, 1.807) is 0 Å². The van der Waals surface area contributed by atoms with Crippen LogP contribution in [0, 0.1) is 11.3 Å². The molecule has 1 aliphatic carbocycles. The fourth-order valence-electron chi connectivity index (χ4n) is 2.83. The van der Waals surface area contributed by atoms with E-state index in [0.29, 0.717) is 11.3 Å². The summed E-state index contributed by atoms with van der Waals surface area (Å²) < 4.78 is 0. The van der Waals surface area contributed by atoms with E-state index >= 15 is 0 Å². The second kappa shape index (κ2) is 5.86. The Labute approximate surface area is 101 Å². The Balaban J connectivity index is 2.38. The molecule has 2 atom stereocenters. The molecule has 0 saturated heterocycles. The minimum atomic E-state index is -0.183. The maximum absolute atomic E-state index is 10.2. The molecule has 1 rings (SSSR count). The van der Waals surface area contributed by atoms with Gasteiger partial charge in [-0.3, -0.25) is 0 Å². The number of rotatable bonds is 4. The van der Waals surface area contributed by atoms with E-state index < -0.39 is 0 Å². The molecule has 16 heavy (non-hydrogen) atoms. The molecule has 0 aromatic rings. The van der Waals surface area contributed by atoms with Crippen LogP contribution in [0.15, 0.2) is 11.6 Å². The number of hydrogen-bond donors (Lipinski definition) is 1. The average molecular weight is 224 g/mol. The summed E-state index contributed by atoms with van der Waals surface area (Å²) in [4.78, 5) is 0. The second-order valence-corrected chi connectivity index (χ2v) is 6.65. The van der Waals surface area contributed by atoms with Gasteiger partial charge in [0.1, 0.15) is 0 Å². The molecule has 1 nitrogen and oxygen atoms in total. The number of hydrogen-bond acceptors (Lipinski definition) is 1. The van der Waals surface area contributed by atoms with E-state index in [-0.39, 0.29) is 6.10 Å². The number of allylic oxidation sites excluding steroid dienone is 1. The van der Waals surface area contributed by atoms with Crippen LogP contribution in [0.4, 0.5) is 0 Å². The van der Waals surface area contributed by atoms with E-state index in [4.69, 9.17) is 0 Å². The Morgan fingerprint density at radius 1 is 1.31 bits per heavy atom. The normalized spacial score (nSPS) is 21.4. The monoisotopic (exact) mass is 224 g/mol. The highest BCUT2D eigenvalue weighted by Gasteiger charge is 2.20. The van der Waals surface area contributed by atoms with E-state index in [2.05, 4.69) is 33.8 Å². The van der Waals surface area contributed by atoms with Gasteiger partial charge in [0.25, 0.3) is 0 Å². The van der Waals surface area contributed by atoms with Gasteiger partial charge in [0, 0.05) is 0 Å². The van der Waals surface area contributed by atoms with Crippen molar-refractivity contribution >= 4 is 0 Å². The Morgan fingerprint density at radius 3 is 2.50 bits per heavy atom. The summed E-state index contributed by atoms with van der Waals surface area (Å²) in [6.45, 7) is 9.08. The zero-order valence-electron chi connectivity index (χ0n) is 11.4. The van der Waals surface area contributed by atoms with Crippen molar-refractivity contribution in [1.82, 2.24) is 0 Å². The van der Waals surface area contributed by atoms with Crippen LogP contribution in [0.25, 0.3) is 0 Å². The molecular formula is C15H28O. The van der Waals surface area contributed by atoms with E-state index in [1.807, 2.05) is 0 Å². The molecule has 1 heteroatoms. The minimum absolute atomic E-state index is 0.183. The van der Waals surface area contributed by atoms with E-state index in [0.717, 1.165) is 12.8 Å². The van der Waals surface area contributed by atoms with Crippen LogP contribution in [-0.4, -0.2) is 11.2 Å². The molecule has 0 aliphatic heterocycles. The molecule has 0 aromatic carbocycles. The first kappa shape index (κ1) is 13.8. The predicted molar refractivity (Wildman–Crippen MR) is 70.4 cm³/mol. The van der Waals surface area contributed by atoms with Crippen LogP contribution in [0.5, 0.6) is 0 Å². The molecule has 0 saturated carbocycles. The highest BCUT2D eigenvalue weighted by Crippen LogP contribution is 2.29. The van der Waals surface area contributed by atoms with Crippen molar-refractivity contribution in [3.63, 3.8) is 0 Å². The first-order chi connectivity index (χ1) is 7.38. The third-order valence-corrected chi connectivity index (χ3v) is 3.34. The lowest BCUT2D eigenvalue weighted by Crippen LogP contribution is -2.19. The quantitative estimate of drug-likeness (QED) is 0.705. The molecule has 0 radical (unpaired) electrons. The van der Waals surface area contributed by atoms with Crippen molar-refractivity contribution < 1.29 is 5.11 Å². The number of aliphatic hydroxyl groups excluding tert-OH is 1. The largest absolute Gasteiger partial charge is 0.389 e. The highest BCUT2D eigenvalue weighted by molar-refractivity contribution is 5.10.